The van der Waals surface area contributed by atoms with E-state index in [1.165, 1.54) is 0 Å². The Bertz CT molecular complexity index is 974. The number of ether oxygens (including phenoxy) is 1. The monoisotopic (exact) mass is 307 g/mol. The van der Waals surface area contributed by atoms with Gasteiger partial charge in [-0.2, -0.15) is 4.98 Å². The summed E-state index contributed by atoms with van der Waals surface area (Å²) in [7, 11) is 1.57. The SMILES string of the molecule is COc1nc2c(C)cccc2cc1-c1noc(-c2ccco2)n1. The molecule has 6 nitrogen and oxygen atoms in total. The van der Waals surface area contributed by atoms with Crippen LogP contribution in [0.4, 0.5) is 0 Å². The number of hydrogen-bond acceptors (Lipinski definition) is 6. The minimum absolute atomic E-state index is 0.316. The first kappa shape index (κ1) is 13.5. The summed E-state index contributed by atoms with van der Waals surface area (Å²) in [6.07, 6.45) is 1.56. The van der Waals surface area contributed by atoms with Crippen LogP contribution in [-0.4, -0.2) is 22.2 Å². The van der Waals surface area contributed by atoms with Crippen LogP contribution in [-0.2, 0) is 0 Å². The van der Waals surface area contributed by atoms with E-state index in [0.717, 1.165) is 16.5 Å². The Morgan fingerprint density at radius 3 is 2.78 bits per heavy atom. The predicted molar refractivity (Wildman–Crippen MR) is 84.0 cm³/mol. The third-order valence-corrected chi connectivity index (χ3v) is 3.60. The highest BCUT2D eigenvalue weighted by molar-refractivity contribution is 5.87. The lowest BCUT2D eigenvalue weighted by atomic mass is 10.1. The number of aromatic nitrogens is 3. The van der Waals surface area contributed by atoms with Crippen LogP contribution in [0.5, 0.6) is 5.88 Å². The second kappa shape index (κ2) is 5.24. The van der Waals surface area contributed by atoms with E-state index < -0.39 is 0 Å². The molecule has 3 heterocycles. The minimum Gasteiger partial charge on any atom is -0.480 e. The summed E-state index contributed by atoms with van der Waals surface area (Å²) >= 11 is 0. The Balaban J connectivity index is 1.88. The Labute approximate surface area is 131 Å². The number of para-hydroxylation sites is 1. The van der Waals surface area contributed by atoms with Gasteiger partial charge in [-0.3, -0.25) is 0 Å². The first-order chi connectivity index (χ1) is 11.3. The van der Waals surface area contributed by atoms with Crippen LogP contribution in [0.2, 0.25) is 0 Å². The summed E-state index contributed by atoms with van der Waals surface area (Å²) < 4.78 is 15.9. The van der Waals surface area contributed by atoms with Gasteiger partial charge in [-0.05, 0) is 30.7 Å². The van der Waals surface area contributed by atoms with E-state index in [0.29, 0.717) is 28.9 Å². The van der Waals surface area contributed by atoms with Gasteiger partial charge in [0.25, 0.3) is 5.89 Å². The van der Waals surface area contributed by atoms with Crippen LogP contribution in [0, 0.1) is 6.92 Å². The van der Waals surface area contributed by atoms with E-state index in [-0.39, 0.29) is 0 Å². The maximum Gasteiger partial charge on any atom is 0.293 e. The first-order valence-electron chi connectivity index (χ1n) is 7.08. The molecule has 0 saturated heterocycles. The van der Waals surface area contributed by atoms with Gasteiger partial charge in [-0.25, -0.2) is 4.98 Å². The average molecular weight is 307 g/mol. The zero-order valence-corrected chi connectivity index (χ0v) is 12.6. The summed E-state index contributed by atoms with van der Waals surface area (Å²) in [4.78, 5) is 8.94. The normalized spacial score (nSPS) is 11.0. The van der Waals surface area contributed by atoms with E-state index in [1.807, 2.05) is 31.2 Å². The van der Waals surface area contributed by atoms with E-state index >= 15 is 0 Å². The van der Waals surface area contributed by atoms with Crippen molar-refractivity contribution in [2.75, 3.05) is 7.11 Å². The van der Waals surface area contributed by atoms with Crippen LogP contribution < -0.4 is 4.74 Å². The van der Waals surface area contributed by atoms with Crippen LogP contribution in [0.25, 0.3) is 33.9 Å². The van der Waals surface area contributed by atoms with Crippen molar-refractivity contribution in [2.45, 2.75) is 6.92 Å². The fourth-order valence-electron chi connectivity index (χ4n) is 2.48. The molecule has 4 aromatic rings. The van der Waals surface area contributed by atoms with E-state index in [4.69, 9.17) is 13.7 Å². The van der Waals surface area contributed by atoms with Crippen molar-refractivity contribution in [1.29, 1.82) is 0 Å². The zero-order chi connectivity index (χ0) is 15.8. The predicted octanol–water partition coefficient (Wildman–Crippen LogP) is 3.86. The molecular formula is C17H13N3O3. The molecule has 0 aliphatic carbocycles. The molecular weight excluding hydrogens is 294 g/mol. The van der Waals surface area contributed by atoms with Gasteiger partial charge in [0.15, 0.2) is 5.76 Å². The number of nitrogens with zero attached hydrogens (tertiary/aromatic N) is 3. The Kier molecular flexibility index (Phi) is 3.08. The number of aryl methyl sites for hydroxylation is 1. The molecule has 6 heteroatoms. The van der Waals surface area contributed by atoms with Crippen molar-refractivity contribution in [3.63, 3.8) is 0 Å². The van der Waals surface area contributed by atoms with Crippen LogP contribution in [0.1, 0.15) is 5.56 Å². The van der Waals surface area contributed by atoms with Crippen molar-refractivity contribution >= 4 is 10.9 Å². The number of methoxy groups -OCH3 is 1. The maximum atomic E-state index is 5.41. The van der Waals surface area contributed by atoms with E-state index in [2.05, 4.69) is 15.1 Å². The highest BCUT2D eigenvalue weighted by atomic mass is 16.5. The molecule has 0 fully saturated rings. The Hall–Kier alpha value is -3.15. The molecule has 0 spiro atoms. The molecule has 0 saturated carbocycles. The maximum absolute atomic E-state index is 5.41. The minimum atomic E-state index is 0.316. The number of rotatable bonds is 3. The summed E-state index contributed by atoms with van der Waals surface area (Å²) in [6.45, 7) is 2.01. The lowest BCUT2D eigenvalue weighted by Crippen LogP contribution is -1.95. The summed E-state index contributed by atoms with van der Waals surface area (Å²) in [6, 6.07) is 11.5. The quantitative estimate of drug-likeness (QED) is 0.572. The molecule has 0 amide bonds. The molecule has 114 valence electrons. The van der Waals surface area contributed by atoms with Gasteiger partial charge < -0.3 is 13.7 Å². The molecule has 3 aromatic heterocycles. The van der Waals surface area contributed by atoms with Crippen molar-refractivity contribution in [1.82, 2.24) is 15.1 Å². The number of hydrogen-bond donors (Lipinski definition) is 0. The molecule has 0 radical (unpaired) electrons. The van der Waals surface area contributed by atoms with E-state index in [1.54, 1.807) is 25.5 Å². The van der Waals surface area contributed by atoms with Crippen LogP contribution >= 0.6 is 0 Å². The van der Waals surface area contributed by atoms with Crippen molar-refractivity contribution in [3.8, 4) is 28.9 Å². The van der Waals surface area contributed by atoms with Gasteiger partial charge in [-0.1, -0.05) is 23.4 Å². The molecule has 0 N–H and O–H groups in total. The van der Waals surface area contributed by atoms with Crippen LogP contribution in [0.3, 0.4) is 0 Å². The Morgan fingerprint density at radius 1 is 1.09 bits per heavy atom. The third kappa shape index (κ3) is 2.24. The Morgan fingerprint density at radius 2 is 2.00 bits per heavy atom. The highest BCUT2D eigenvalue weighted by Gasteiger charge is 2.18. The summed E-state index contributed by atoms with van der Waals surface area (Å²) in [5, 5.41) is 5.01. The van der Waals surface area contributed by atoms with Crippen molar-refractivity contribution in [2.24, 2.45) is 0 Å². The summed E-state index contributed by atoms with van der Waals surface area (Å²) in [5.74, 6) is 1.70. The highest BCUT2D eigenvalue weighted by Crippen LogP contribution is 2.32. The largest absolute Gasteiger partial charge is 0.480 e. The lowest BCUT2D eigenvalue weighted by molar-refractivity contribution is 0.398. The van der Waals surface area contributed by atoms with Gasteiger partial charge in [0, 0.05) is 5.39 Å². The molecule has 23 heavy (non-hydrogen) atoms. The second-order valence-electron chi connectivity index (χ2n) is 5.09. The number of furan rings is 1. The topological polar surface area (TPSA) is 74.2 Å². The zero-order valence-electron chi connectivity index (χ0n) is 12.6. The van der Waals surface area contributed by atoms with Gasteiger partial charge in [0.2, 0.25) is 11.7 Å². The molecule has 0 aliphatic rings. The first-order valence-corrected chi connectivity index (χ1v) is 7.08. The third-order valence-electron chi connectivity index (χ3n) is 3.60. The average Bonchev–Trinajstić information content (AvgIpc) is 3.25. The lowest BCUT2D eigenvalue weighted by Gasteiger charge is -2.07. The van der Waals surface area contributed by atoms with Gasteiger partial charge in [0.1, 0.15) is 0 Å². The van der Waals surface area contributed by atoms with Crippen molar-refractivity contribution < 1.29 is 13.7 Å². The molecule has 0 bridgehead atoms. The van der Waals surface area contributed by atoms with Gasteiger partial charge in [0.05, 0.1) is 24.5 Å². The molecule has 0 aliphatic heterocycles. The molecule has 0 unspecified atom stereocenters. The fourth-order valence-corrected chi connectivity index (χ4v) is 2.48. The number of pyridine rings is 1. The number of fused-ring (bicyclic) bond motifs is 1. The standard InChI is InChI=1S/C17H13N3O3/c1-10-5-3-6-11-9-12(16(21-2)18-14(10)11)15-19-17(23-20-15)13-7-4-8-22-13/h3-9H,1-2H3. The molecule has 1 aromatic carbocycles. The number of benzene rings is 1. The van der Waals surface area contributed by atoms with Crippen molar-refractivity contribution in [3.05, 3.63) is 48.2 Å². The molecule has 0 atom stereocenters. The fraction of sp³-hybridized carbons (Fsp3) is 0.118. The van der Waals surface area contributed by atoms with Gasteiger partial charge >= 0.3 is 0 Å². The summed E-state index contributed by atoms with van der Waals surface area (Å²) in [5.41, 5.74) is 2.65. The van der Waals surface area contributed by atoms with E-state index in [9.17, 15) is 0 Å². The molecule has 4 rings (SSSR count). The smallest absolute Gasteiger partial charge is 0.293 e. The van der Waals surface area contributed by atoms with Gasteiger partial charge in [-0.15, -0.1) is 0 Å². The van der Waals surface area contributed by atoms with Crippen LogP contribution in [0.15, 0.2) is 51.6 Å². The second-order valence-corrected chi connectivity index (χ2v) is 5.09.